The second-order valence-electron chi connectivity index (χ2n) is 5.29. The molecule has 0 aliphatic rings. The highest BCUT2D eigenvalue weighted by Gasteiger charge is 2.09. The van der Waals surface area contributed by atoms with Gasteiger partial charge in [-0.25, -0.2) is 0 Å². The fourth-order valence-corrected chi connectivity index (χ4v) is 2.19. The first-order valence-electron chi connectivity index (χ1n) is 7.99. The number of aliphatic imine (C=N–C) groups is 1. The third kappa shape index (κ3) is 5.53. The number of ether oxygens (including phenoxy) is 2. The molecule has 2 N–H and O–H groups in total. The number of benzene rings is 1. The molecule has 24 heavy (non-hydrogen) atoms. The first kappa shape index (κ1) is 17.7. The third-order valence-electron chi connectivity index (χ3n) is 3.42. The van der Waals surface area contributed by atoms with Crippen molar-refractivity contribution in [2.24, 2.45) is 4.99 Å². The van der Waals surface area contributed by atoms with Gasteiger partial charge in [-0.05, 0) is 31.2 Å². The minimum atomic E-state index is -0.0371. The lowest BCUT2D eigenvalue weighted by molar-refractivity contribution is 0.213. The number of furan rings is 1. The molecule has 0 spiro atoms. The van der Waals surface area contributed by atoms with Gasteiger partial charge in [0.15, 0.2) is 17.5 Å². The van der Waals surface area contributed by atoms with E-state index in [4.69, 9.17) is 13.9 Å². The van der Waals surface area contributed by atoms with Gasteiger partial charge < -0.3 is 24.5 Å². The Balaban J connectivity index is 1.73. The fraction of sp³-hybridized carbons (Fsp3) is 0.389. The predicted molar refractivity (Wildman–Crippen MR) is 94.9 cm³/mol. The van der Waals surface area contributed by atoms with Gasteiger partial charge in [-0.2, -0.15) is 0 Å². The Morgan fingerprint density at radius 2 is 1.96 bits per heavy atom. The third-order valence-corrected chi connectivity index (χ3v) is 3.42. The van der Waals surface area contributed by atoms with E-state index in [2.05, 4.69) is 15.6 Å². The monoisotopic (exact) mass is 331 g/mol. The number of nitrogens with one attached hydrogen (secondary N) is 2. The molecule has 1 aromatic carbocycles. The first-order valence-corrected chi connectivity index (χ1v) is 7.99. The van der Waals surface area contributed by atoms with E-state index in [9.17, 15) is 0 Å². The summed E-state index contributed by atoms with van der Waals surface area (Å²) in [6.45, 7) is 3.36. The fourth-order valence-electron chi connectivity index (χ4n) is 2.19. The van der Waals surface area contributed by atoms with Gasteiger partial charge >= 0.3 is 0 Å². The summed E-state index contributed by atoms with van der Waals surface area (Å²) in [7, 11) is 3.38. The summed E-state index contributed by atoms with van der Waals surface area (Å²) in [5.74, 6) is 3.14. The molecule has 6 nitrogen and oxygen atoms in total. The minimum Gasteiger partial charge on any atom is -0.493 e. The van der Waals surface area contributed by atoms with Crippen LogP contribution in [0.5, 0.6) is 11.5 Å². The molecule has 0 saturated carbocycles. The van der Waals surface area contributed by atoms with E-state index in [-0.39, 0.29) is 6.10 Å². The highest BCUT2D eigenvalue weighted by Crippen LogP contribution is 2.26. The maximum atomic E-state index is 5.91. The van der Waals surface area contributed by atoms with Crippen LogP contribution in [0.2, 0.25) is 0 Å². The molecule has 0 amide bonds. The van der Waals surface area contributed by atoms with Gasteiger partial charge in [0, 0.05) is 20.0 Å². The van der Waals surface area contributed by atoms with E-state index in [1.54, 1.807) is 20.4 Å². The van der Waals surface area contributed by atoms with Gasteiger partial charge in [-0.15, -0.1) is 0 Å². The zero-order chi connectivity index (χ0) is 17.2. The first-order chi connectivity index (χ1) is 11.7. The van der Waals surface area contributed by atoms with Crippen molar-refractivity contribution in [3.8, 4) is 11.5 Å². The summed E-state index contributed by atoms with van der Waals surface area (Å²) in [5.41, 5.74) is 0. The molecule has 130 valence electrons. The van der Waals surface area contributed by atoms with Crippen molar-refractivity contribution >= 4 is 5.96 Å². The summed E-state index contributed by atoms with van der Waals surface area (Å²) in [4.78, 5) is 4.20. The maximum Gasteiger partial charge on any atom is 0.191 e. The Hall–Kier alpha value is -2.63. The van der Waals surface area contributed by atoms with E-state index in [1.165, 1.54) is 0 Å². The van der Waals surface area contributed by atoms with Crippen molar-refractivity contribution in [3.63, 3.8) is 0 Å². The average molecular weight is 331 g/mol. The molecular weight excluding hydrogens is 306 g/mol. The second-order valence-corrected chi connectivity index (χ2v) is 5.29. The molecule has 1 atom stereocenters. The van der Waals surface area contributed by atoms with Crippen molar-refractivity contribution in [1.29, 1.82) is 0 Å². The normalized spacial score (nSPS) is 12.5. The molecular formula is C18H25N3O3. The Bertz CT molecular complexity index is 626. The summed E-state index contributed by atoms with van der Waals surface area (Å²) in [5, 5.41) is 6.50. The quantitative estimate of drug-likeness (QED) is 0.574. The van der Waals surface area contributed by atoms with Crippen LogP contribution >= 0.6 is 0 Å². The number of para-hydroxylation sites is 2. The lowest BCUT2D eigenvalue weighted by Crippen LogP contribution is -2.42. The number of hydrogen-bond acceptors (Lipinski definition) is 4. The molecule has 2 rings (SSSR count). The molecule has 1 aromatic heterocycles. The molecule has 6 heteroatoms. The van der Waals surface area contributed by atoms with Crippen molar-refractivity contribution in [2.45, 2.75) is 19.4 Å². The average Bonchev–Trinajstić information content (AvgIpc) is 3.11. The van der Waals surface area contributed by atoms with Gasteiger partial charge in [0.1, 0.15) is 11.9 Å². The zero-order valence-electron chi connectivity index (χ0n) is 14.4. The zero-order valence-corrected chi connectivity index (χ0v) is 14.4. The number of hydrogen-bond donors (Lipinski definition) is 2. The van der Waals surface area contributed by atoms with Crippen molar-refractivity contribution in [3.05, 3.63) is 48.4 Å². The summed E-state index contributed by atoms with van der Waals surface area (Å²) in [6, 6.07) is 11.5. The maximum absolute atomic E-state index is 5.91. The molecule has 0 radical (unpaired) electrons. The Kier molecular flexibility index (Phi) is 7.01. The van der Waals surface area contributed by atoms with Crippen molar-refractivity contribution in [2.75, 3.05) is 27.2 Å². The van der Waals surface area contributed by atoms with E-state index in [0.717, 1.165) is 36.2 Å². The Morgan fingerprint density at radius 1 is 1.17 bits per heavy atom. The van der Waals surface area contributed by atoms with Gasteiger partial charge in [-0.3, -0.25) is 4.99 Å². The Morgan fingerprint density at radius 3 is 2.62 bits per heavy atom. The SMILES string of the molecule is CN=C(NCCc1ccco1)NCC(C)Oc1ccccc1OC. The summed E-state index contributed by atoms with van der Waals surface area (Å²) < 4.78 is 16.5. The number of guanidine groups is 1. The van der Waals surface area contributed by atoms with E-state index >= 15 is 0 Å². The molecule has 1 heterocycles. The van der Waals surface area contributed by atoms with Crippen LogP contribution in [-0.4, -0.2) is 39.3 Å². The molecule has 2 aromatic rings. The van der Waals surface area contributed by atoms with E-state index in [0.29, 0.717) is 6.54 Å². The minimum absolute atomic E-state index is 0.0371. The van der Waals surface area contributed by atoms with Crippen LogP contribution in [0.1, 0.15) is 12.7 Å². The van der Waals surface area contributed by atoms with Crippen LogP contribution in [0.15, 0.2) is 52.1 Å². The van der Waals surface area contributed by atoms with Crippen molar-refractivity contribution < 1.29 is 13.9 Å². The molecule has 0 aliphatic heterocycles. The van der Waals surface area contributed by atoms with Gasteiger partial charge in [0.2, 0.25) is 0 Å². The van der Waals surface area contributed by atoms with Crippen LogP contribution in [0.3, 0.4) is 0 Å². The molecule has 1 unspecified atom stereocenters. The number of rotatable bonds is 8. The summed E-state index contributed by atoms with van der Waals surface area (Å²) in [6.07, 6.45) is 2.45. The highest BCUT2D eigenvalue weighted by molar-refractivity contribution is 5.79. The predicted octanol–water partition coefficient (Wildman–Crippen LogP) is 2.46. The van der Waals surface area contributed by atoms with Crippen LogP contribution in [-0.2, 0) is 6.42 Å². The van der Waals surface area contributed by atoms with Crippen LogP contribution in [0.25, 0.3) is 0 Å². The van der Waals surface area contributed by atoms with Gasteiger partial charge in [-0.1, -0.05) is 12.1 Å². The number of methoxy groups -OCH3 is 1. The largest absolute Gasteiger partial charge is 0.493 e. The van der Waals surface area contributed by atoms with Crippen LogP contribution in [0.4, 0.5) is 0 Å². The van der Waals surface area contributed by atoms with Crippen molar-refractivity contribution in [1.82, 2.24) is 10.6 Å². The van der Waals surface area contributed by atoms with Crippen LogP contribution < -0.4 is 20.1 Å². The van der Waals surface area contributed by atoms with Crippen LogP contribution in [0, 0.1) is 0 Å². The van der Waals surface area contributed by atoms with E-state index < -0.39 is 0 Å². The molecule has 0 bridgehead atoms. The number of nitrogens with zero attached hydrogens (tertiary/aromatic N) is 1. The molecule has 0 saturated heterocycles. The topological polar surface area (TPSA) is 68.0 Å². The summed E-state index contributed by atoms with van der Waals surface area (Å²) >= 11 is 0. The molecule has 0 fully saturated rings. The lowest BCUT2D eigenvalue weighted by atomic mass is 10.3. The van der Waals surface area contributed by atoms with E-state index in [1.807, 2.05) is 43.3 Å². The standard InChI is InChI=1S/C18H25N3O3/c1-14(24-17-9-5-4-8-16(17)22-3)13-21-18(19-2)20-11-10-15-7-6-12-23-15/h4-9,12,14H,10-11,13H2,1-3H3,(H2,19,20,21). The van der Waals surface area contributed by atoms with Gasteiger partial charge in [0.25, 0.3) is 0 Å². The smallest absolute Gasteiger partial charge is 0.191 e. The Labute approximate surface area is 142 Å². The highest BCUT2D eigenvalue weighted by atomic mass is 16.5. The second kappa shape index (κ2) is 9.50. The lowest BCUT2D eigenvalue weighted by Gasteiger charge is -2.19. The molecule has 0 aliphatic carbocycles. The van der Waals surface area contributed by atoms with Gasteiger partial charge in [0.05, 0.1) is 19.9 Å².